The summed E-state index contributed by atoms with van der Waals surface area (Å²) in [5.41, 5.74) is 7.10. The molecule has 0 heterocycles. The maximum absolute atomic E-state index is 13.6. The second-order valence-electron chi connectivity index (χ2n) is 4.13. The van der Waals surface area contributed by atoms with E-state index in [1.54, 1.807) is 24.3 Å². The third-order valence-corrected chi connectivity index (χ3v) is 2.78. The fourth-order valence-corrected chi connectivity index (χ4v) is 1.72. The van der Waals surface area contributed by atoms with E-state index in [2.05, 4.69) is 0 Å². The molecule has 4 heteroatoms. The summed E-state index contributed by atoms with van der Waals surface area (Å²) in [6.07, 6.45) is 0. The Bertz CT molecular complexity index is 562. The molecule has 0 amide bonds. The first-order valence-electron chi connectivity index (χ1n) is 5.50. The topological polar surface area (TPSA) is 26.0 Å². The molecule has 2 rings (SSSR count). The largest absolute Gasteiger partial charge is 0.324 e. The highest BCUT2D eigenvalue weighted by molar-refractivity contribution is 5.64. The van der Waals surface area contributed by atoms with Crippen LogP contribution >= 0.6 is 0 Å². The van der Waals surface area contributed by atoms with E-state index in [1.165, 1.54) is 6.07 Å². The highest BCUT2D eigenvalue weighted by Gasteiger charge is 2.14. The van der Waals surface area contributed by atoms with Gasteiger partial charge in [-0.05, 0) is 30.2 Å². The summed E-state index contributed by atoms with van der Waals surface area (Å²) in [5, 5.41) is 0. The predicted octanol–water partition coefficient (Wildman–Crippen LogP) is 3.79. The van der Waals surface area contributed by atoms with Gasteiger partial charge in [0.1, 0.15) is 0 Å². The van der Waals surface area contributed by atoms with Gasteiger partial charge in [-0.25, -0.2) is 13.2 Å². The predicted molar refractivity (Wildman–Crippen MR) is 64.4 cm³/mol. The Labute approximate surface area is 103 Å². The van der Waals surface area contributed by atoms with E-state index in [1.807, 2.05) is 6.92 Å². The number of rotatable bonds is 2. The molecule has 18 heavy (non-hydrogen) atoms. The van der Waals surface area contributed by atoms with E-state index >= 15 is 0 Å². The molecule has 1 unspecified atom stereocenters. The molecule has 0 saturated heterocycles. The first-order valence-corrected chi connectivity index (χ1v) is 5.50. The third kappa shape index (κ3) is 2.24. The number of nitrogens with two attached hydrogens (primary N) is 1. The first kappa shape index (κ1) is 12.6. The molecule has 0 spiro atoms. The minimum atomic E-state index is -1.45. The smallest absolute Gasteiger partial charge is 0.195 e. The third-order valence-electron chi connectivity index (χ3n) is 2.78. The van der Waals surface area contributed by atoms with Crippen LogP contribution in [0.2, 0.25) is 0 Å². The fraction of sp³-hybridized carbons (Fsp3) is 0.143. The van der Waals surface area contributed by atoms with Crippen LogP contribution in [0.15, 0.2) is 36.4 Å². The van der Waals surface area contributed by atoms with Gasteiger partial charge in [-0.1, -0.05) is 24.3 Å². The van der Waals surface area contributed by atoms with Crippen LogP contribution in [0, 0.1) is 17.5 Å². The molecule has 0 fully saturated rings. The lowest BCUT2D eigenvalue weighted by Crippen LogP contribution is -2.04. The molecule has 0 radical (unpaired) electrons. The molecule has 2 aromatic carbocycles. The Kier molecular flexibility index (Phi) is 3.39. The van der Waals surface area contributed by atoms with Crippen LogP contribution in [0.1, 0.15) is 18.5 Å². The lowest BCUT2D eigenvalue weighted by atomic mass is 10.0. The Hall–Kier alpha value is -1.81. The van der Waals surface area contributed by atoms with Crippen molar-refractivity contribution < 1.29 is 13.2 Å². The number of hydrogen-bond acceptors (Lipinski definition) is 1. The molecular formula is C14H12F3N. The van der Waals surface area contributed by atoms with E-state index in [0.717, 1.165) is 11.6 Å². The number of benzene rings is 2. The van der Waals surface area contributed by atoms with Crippen molar-refractivity contribution in [1.82, 2.24) is 0 Å². The van der Waals surface area contributed by atoms with Gasteiger partial charge in [0.15, 0.2) is 17.5 Å². The van der Waals surface area contributed by atoms with E-state index in [-0.39, 0.29) is 11.6 Å². The second kappa shape index (κ2) is 4.82. The van der Waals surface area contributed by atoms with Crippen molar-refractivity contribution in [3.05, 3.63) is 59.4 Å². The molecular weight excluding hydrogens is 239 g/mol. The summed E-state index contributed by atoms with van der Waals surface area (Å²) in [7, 11) is 0. The maximum Gasteiger partial charge on any atom is 0.195 e. The van der Waals surface area contributed by atoms with E-state index in [4.69, 9.17) is 5.73 Å². The fourth-order valence-electron chi connectivity index (χ4n) is 1.72. The van der Waals surface area contributed by atoms with Crippen LogP contribution in [-0.4, -0.2) is 0 Å². The lowest BCUT2D eigenvalue weighted by Gasteiger charge is -2.08. The Morgan fingerprint density at radius 1 is 0.889 bits per heavy atom. The van der Waals surface area contributed by atoms with Crippen molar-refractivity contribution in [2.24, 2.45) is 5.73 Å². The average molecular weight is 251 g/mol. The zero-order valence-corrected chi connectivity index (χ0v) is 9.75. The molecule has 94 valence electrons. The SMILES string of the molecule is CC(N)c1ccc(-c2ccc(F)c(F)c2F)cc1. The summed E-state index contributed by atoms with van der Waals surface area (Å²) >= 11 is 0. The summed E-state index contributed by atoms with van der Waals surface area (Å²) in [6.45, 7) is 1.83. The van der Waals surface area contributed by atoms with Crippen LogP contribution < -0.4 is 5.73 Å². The van der Waals surface area contributed by atoms with Gasteiger partial charge in [-0.3, -0.25) is 0 Å². The Balaban J connectivity index is 2.46. The summed E-state index contributed by atoms with van der Waals surface area (Å²) < 4.78 is 39.5. The van der Waals surface area contributed by atoms with Crippen LogP contribution in [0.5, 0.6) is 0 Å². The van der Waals surface area contributed by atoms with Crippen molar-refractivity contribution >= 4 is 0 Å². The van der Waals surface area contributed by atoms with Crippen LogP contribution in [0.25, 0.3) is 11.1 Å². The highest BCUT2D eigenvalue weighted by atomic mass is 19.2. The Morgan fingerprint density at radius 3 is 2.06 bits per heavy atom. The van der Waals surface area contributed by atoms with Crippen LogP contribution in [-0.2, 0) is 0 Å². The van der Waals surface area contributed by atoms with Crippen LogP contribution in [0.4, 0.5) is 13.2 Å². The average Bonchev–Trinajstić information content (AvgIpc) is 2.36. The normalized spacial score (nSPS) is 12.5. The lowest BCUT2D eigenvalue weighted by molar-refractivity contribution is 0.449. The summed E-state index contributed by atoms with van der Waals surface area (Å²) in [6, 6.07) is 8.74. The zero-order chi connectivity index (χ0) is 13.3. The minimum Gasteiger partial charge on any atom is -0.324 e. The maximum atomic E-state index is 13.6. The standard InChI is InChI=1S/C14H12F3N/c1-8(18)9-2-4-10(5-3-9)11-6-7-12(15)14(17)13(11)16/h2-8H,18H2,1H3. The van der Waals surface area contributed by atoms with E-state index < -0.39 is 17.5 Å². The molecule has 0 aromatic heterocycles. The van der Waals surface area contributed by atoms with E-state index in [9.17, 15) is 13.2 Å². The molecule has 0 saturated carbocycles. The van der Waals surface area contributed by atoms with Crippen molar-refractivity contribution in [3.63, 3.8) is 0 Å². The molecule has 1 nitrogen and oxygen atoms in total. The second-order valence-corrected chi connectivity index (χ2v) is 4.13. The first-order chi connectivity index (χ1) is 8.50. The number of hydrogen-bond donors (Lipinski definition) is 1. The molecule has 0 aliphatic rings. The van der Waals surface area contributed by atoms with Gasteiger partial charge in [-0.2, -0.15) is 0 Å². The van der Waals surface area contributed by atoms with Crippen LogP contribution in [0.3, 0.4) is 0 Å². The molecule has 2 aromatic rings. The highest BCUT2D eigenvalue weighted by Crippen LogP contribution is 2.26. The van der Waals surface area contributed by atoms with Gasteiger partial charge in [0.25, 0.3) is 0 Å². The van der Waals surface area contributed by atoms with Crippen molar-refractivity contribution in [1.29, 1.82) is 0 Å². The minimum absolute atomic E-state index is 0.0325. The van der Waals surface area contributed by atoms with Crippen molar-refractivity contribution in [2.75, 3.05) is 0 Å². The zero-order valence-electron chi connectivity index (χ0n) is 9.75. The van der Waals surface area contributed by atoms with Crippen molar-refractivity contribution in [3.8, 4) is 11.1 Å². The summed E-state index contributed by atoms with van der Waals surface area (Å²) in [4.78, 5) is 0. The van der Waals surface area contributed by atoms with Gasteiger partial charge in [0.2, 0.25) is 0 Å². The molecule has 1 atom stereocenters. The van der Waals surface area contributed by atoms with E-state index in [0.29, 0.717) is 5.56 Å². The van der Waals surface area contributed by atoms with Gasteiger partial charge in [-0.15, -0.1) is 0 Å². The van der Waals surface area contributed by atoms with Gasteiger partial charge in [0, 0.05) is 11.6 Å². The summed E-state index contributed by atoms with van der Waals surface area (Å²) in [5.74, 6) is -3.82. The van der Waals surface area contributed by atoms with Gasteiger partial charge in [0.05, 0.1) is 0 Å². The molecule has 0 aliphatic heterocycles. The molecule has 0 aliphatic carbocycles. The molecule has 0 bridgehead atoms. The monoisotopic (exact) mass is 251 g/mol. The Morgan fingerprint density at radius 2 is 1.50 bits per heavy atom. The molecule has 2 N–H and O–H groups in total. The number of halogens is 3. The van der Waals surface area contributed by atoms with Gasteiger partial charge >= 0.3 is 0 Å². The van der Waals surface area contributed by atoms with Crippen molar-refractivity contribution in [2.45, 2.75) is 13.0 Å². The quantitative estimate of drug-likeness (QED) is 0.807. The van der Waals surface area contributed by atoms with Gasteiger partial charge < -0.3 is 5.73 Å².